The van der Waals surface area contributed by atoms with Crippen LogP contribution in [0.3, 0.4) is 0 Å². The molecule has 7 heteroatoms. The van der Waals surface area contributed by atoms with Gasteiger partial charge in [0, 0.05) is 51.6 Å². The van der Waals surface area contributed by atoms with Crippen LogP contribution in [0.2, 0.25) is 0 Å². The number of aryl methyl sites for hydroxylation is 1. The van der Waals surface area contributed by atoms with Gasteiger partial charge in [-0.25, -0.2) is 9.97 Å². The van der Waals surface area contributed by atoms with Crippen molar-refractivity contribution >= 4 is 17.4 Å². The van der Waals surface area contributed by atoms with Crippen molar-refractivity contribution in [1.29, 1.82) is 0 Å². The maximum absolute atomic E-state index is 12.3. The molecule has 0 aliphatic carbocycles. The van der Waals surface area contributed by atoms with Gasteiger partial charge in [-0.15, -0.1) is 0 Å². The topological polar surface area (TPSA) is 70.6 Å². The van der Waals surface area contributed by atoms with E-state index < -0.39 is 0 Å². The molecule has 138 valence electrons. The summed E-state index contributed by atoms with van der Waals surface area (Å²) in [6.45, 7) is 6.31. The van der Waals surface area contributed by atoms with Gasteiger partial charge < -0.3 is 19.9 Å². The molecular weight excluding hydrogens is 330 g/mol. The fourth-order valence-electron chi connectivity index (χ4n) is 3.02. The van der Waals surface area contributed by atoms with Crippen LogP contribution in [0.4, 0.5) is 11.5 Å². The molecule has 0 saturated carbocycles. The predicted molar refractivity (Wildman–Crippen MR) is 102 cm³/mol. The number of methoxy groups -OCH3 is 1. The van der Waals surface area contributed by atoms with Crippen LogP contribution < -0.4 is 15.1 Å². The molecule has 1 aromatic carbocycles. The molecule has 1 aromatic heterocycles. The Kier molecular flexibility index (Phi) is 6.01. The van der Waals surface area contributed by atoms with Crippen molar-refractivity contribution in [1.82, 2.24) is 15.3 Å². The van der Waals surface area contributed by atoms with Crippen molar-refractivity contribution in [2.45, 2.75) is 6.92 Å². The fourth-order valence-corrected chi connectivity index (χ4v) is 3.02. The van der Waals surface area contributed by atoms with Gasteiger partial charge in [0.05, 0.1) is 6.61 Å². The Hall–Kier alpha value is -2.67. The summed E-state index contributed by atoms with van der Waals surface area (Å²) in [7, 11) is 1.61. The molecule has 2 heterocycles. The number of hydrogen-bond acceptors (Lipinski definition) is 6. The lowest BCUT2D eigenvalue weighted by Gasteiger charge is -2.36. The van der Waals surface area contributed by atoms with Crippen molar-refractivity contribution in [2.75, 3.05) is 56.2 Å². The molecule has 1 amide bonds. The molecule has 0 atom stereocenters. The number of carbonyl (C=O) groups excluding carboxylic acids is 1. The summed E-state index contributed by atoms with van der Waals surface area (Å²) < 4.78 is 4.96. The molecule has 1 saturated heterocycles. The minimum absolute atomic E-state index is 0.197. The molecule has 1 fully saturated rings. The number of benzene rings is 1. The summed E-state index contributed by atoms with van der Waals surface area (Å²) in [6.07, 6.45) is 0. The molecule has 0 radical (unpaired) electrons. The second kappa shape index (κ2) is 8.62. The van der Waals surface area contributed by atoms with Gasteiger partial charge in [0.15, 0.2) is 0 Å². The molecule has 7 nitrogen and oxygen atoms in total. The monoisotopic (exact) mass is 355 g/mol. The average Bonchev–Trinajstić information content (AvgIpc) is 2.68. The fraction of sp³-hybridized carbons (Fsp3) is 0.421. The Morgan fingerprint density at radius 2 is 1.81 bits per heavy atom. The highest BCUT2D eigenvalue weighted by Gasteiger charge is 2.20. The zero-order valence-corrected chi connectivity index (χ0v) is 15.3. The Morgan fingerprint density at radius 3 is 2.50 bits per heavy atom. The van der Waals surface area contributed by atoms with E-state index in [-0.39, 0.29) is 5.91 Å². The van der Waals surface area contributed by atoms with E-state index in [4.69, 9.17) is 4.74 Å². The highest BCUT2D eigenvalue weighted by atomic mass is 16.5. The Morgan fingerprint density at radius 1 is 1.12 bits per heavy atom. The first-order chi connectivity index (χ1) is 12.7. The first kappa shape index (κ1) is 18.1. The second-order valence-corrected chi connectivity index (χ2v) is 6.22. The molecule has 26 heavy (non-hydrogen) atoms. The van der Waals surface area contributed by atoms with Crippen molar-refractivity contribution in [3.05, 3.63) is 47.9 Å². The van der Waals surface area contributed by atoms with Crippen LogP contribution in [0.25, 0.3) is 0 Å². The first-order valence-corrected chi connectivity index (χ1v) is 8.85. The third-order valence-electron chi connectivity index (χ3n) is 4.37. The van der Waals surface area contributed by atoms with Gasteiger partial charge >= 0.3 is 0 Å². The zero-order chi connectivity index (χ0) is 18.4. The van der Waals surface area contributed by atoms with E-state index in [2.05, 4.69) is 49.4 Å². The molecule has 0 bridgehead atoms. The normalized spacial score (nSPS) is 14.4. The van der Waals surface area contributed by atoms with E-state index in [0.29, 0.717) is 24.7 Å². The third-order valence-corrected chi connectivity index (χ3v) is 4.37. The number of para-hydroxylation sites is 1. The molecule has 0 spiro atoms. The summed E-state index contributed by atoms with van der Waals surface area (Å²) in [5, 5.41) is 2.80. The van der Waals surface area contributed by atoms with E-state index in [1.54, 1.807) is 13.2 Å². The molecule has 3 rings (SSSR count). The standard InChI is InChI=1S/C19H25N5O2/c1-15-21-17(19(25)20-8-13-26-2)14-18(22-15)24-11-9-23(10-12-24)16-6-4-3-5-7-16/h3-7,14H,8-13H2,1-2H3,(H,20,25). The Labute approximate surface area is 154 Å². The van der Waals surface area contributed by atoms with Gasteiger partial charge in [-0.2, -0.15) is 0 Å². The third kappa shape index (κ3) is 4.49. The highest BCUT2D eigenvalue weighted by molar-refractivity contribution is 5.92. The van der Waals surface area contributed by atoms with Gasteiger partial charge in [0.25, 0.3) is 5.91 Å². The van der Waals surface area contributed by atoms with Crippen LogP contribution in [-0.2, 0) is 4.74 Å². The molecule has 1 aliphatic heterocycles. The number of ether oxygens (including phenoxy) is 1. The maximum atomic E-state index is 12.3. The van der Waals surface area contributed by atoms with E-state index >= 15 is 0 Å². The zero-order valence-electron chi connectivity index (χ0n) is 15.3. The number of anilines is 2. The number of carbonyl (C=O) groups is 1. The van der Waals surface area contributed by atoms with Crippen LogP contribution in [0.15, 0.2) is 36.4 Å². The summed E-state index contributed by atoms with van der Waals surface area (Å²) in [5.41, 5.74) is 1.64. The van der Waals surface area contributed by atoms with Crippen LogP contribution >= 0.6 is 0 Å². The Bertz CT molecular complexity index is 730. The summed E-state index contributed by atoms with van der Waals surface area (Å²) in [6, 6.07) is 12.2. The molecule has 1 N–H and O–H groups in total. The van der Waals surface area contributed by atoms with Crippen LogP contribution in [0.1, 0.15) is 16.3 Å². The van der Waals surface area contributed by atoms with Crippen LogP contribution in [0.5, 0.6) is 0 Å². The van der Waals surface area contributed by atoms with Crippen LogP contribution in [0, 0.1) is 6.92 Å². The lowest BCUT2D eigenvalue weighted by Crippen LogP contribution is -2.47. The predicted octanol–water partition coefficient (Wildman–Crippen LogP) is 1.49. The average molecular weight is 355 g/mol. The smallest absolute Gasteiger partial charge is 0.270 e. The van der Waals surface area contributed by atoms with E-state index in [1.807, 2.05) is 13.0 Å². The number of amides is 1. The number of nitrogens with zero attached hydrogens (tertiary/aromatic N) is 4. The maximum Gasteiger partial charge on any atom is 0.270 e. The summed E-state index contributed by atoms with van der Waals surface area (Å²) in [5.74, 6) is 1.21. The minimum Gasteiger partial charge on any atom is -0.383 e. The molecule has 1 aliphatic rings. The lowest BCUT2D eigenvalue weighted by molar-refractivity contribution is 0.0931. The van der Waals surface area contributed by atoms with Gasteiger partial charge in [-0.1, -0.05) is 18.2 Å². The highest BCUT2D eigenvalue weighted by Crippen LogP contribution is 2.19. The summed E-state index contributed by atoms with van der Waals surface area (Å²) in [4.78, 5) is 25.6. The van der Waals surface area contributed by atoms with Crippen molar-refractivity contribution in [3.63, 3.8) is 0 Å². The number of hydrogen-bond donors (Lipinski definition) is 1. The van der Waals surface area contributed by atoms with Crippen LogP contribution in [-0.4, -0.2) is 62.3 Å². The van der Waals surface area contributed by atoms with Crippen molar-refractivity contribution < 1.29 is 9.53 Å². The molecule has 0 unspecified atom stereocenters. The number of aromatic nitrogens is 2. The van der Waals surface area contributed by atoms with Gasteiger partial charge in [-0.3, -0.25) is 4.79 Å². The number of rotatable bonds is 6. The minimum atomic E-state index is -0.197. The Balaban J connectivity index is 1.65. The second-order valence-electron chi connectivity index (χ2n) is 6.22. The SMILES string of the molecule is COCCNC(=O)c1cc(N2CCN(c3ccccc3)CC2)nc(C)n1. The van der Waals surface area contributed by atoms with E-state index in [1.165, 1.54) is 5.69 Å². The largest absolute Gasteiger partial charge is 0.383 e. The molecular formula is C19H25N5O2. The van der Waals surface area contributed by atoms with Crippen molar-refractivity contribution in [2.24, 2.45) is 0 Å². The van der Waals surface area contributed by atoms with Gasteiger partial charge in [0.1, 0.15) is 17.3 Å². The quantitative estimate of drug-likeness (QED) is 0.792. The number of nitrogens with one attached hydrogen (secondary N) is 1. The van der Waals surface area contributed by atoms with Gasteiger partial charge in [0.2, 0.25) is 0 Å². The number of piperazine rings is 1. The summed E-state index contributed by atoms with van der Waals surface area (Å²) >= 11 is 0. The van der Waals surface area contributed by atoms with E-state index in [0.717, 1.165) is 32.0 Å². The lowest BCUT2D eigenvalue weighted by atomic mass is 10.2. The molecule has 2 aromatic rings. The first-order valence-electron chi connectivity index (χ1n) is 8.85. The van der Waals surface area contributed by atoms with Crippen molar-refractivity contribution in [3.8, 4) is 0 Å². The van der Waals surface area contributed by atoms with Gasteiger partial charge in [-0.05, 0) is 19.1 Å². The van der Waals surface area contributed by atoms with E-state index in [9.17, 15) is 4.79 Å².